The normalized spacial score (nSPS) is 27.5. The molecule has 1 aromatic rings. The van der Waals surface area contributed by atoms with E-state index in [1.54, 1.807) is 0 Å². The first kappa shape index (κ1) is 17.2. The van der Waals surface area contributed by atoms with E-state index >= 15 is 0 Å². The van der Waals surface area contributed by atoms with Crippen molar-refractivity contribution in [2.24, 2.45) is 7.05 Å². The average molecular weight is 344 g/mol. The Morgan fingerprint density at radius 2 is 2.33 bits per heavy atom. The second kappa shape index (κ2) is 7.12. The largest absolute Gasteiger partial charge is 0.396 e. The van der Waals surface area contributed by atoms with Crippen LogP contribution in [-0.4, -0.2) is 70.2 Å². The van der Waals surface area contributed by atoms with Crippen LogP contribution in [0.3, 0.4) is 0 Å². The molecule has 2 N–H and O–H groups in total. The molecule has 0 bridgehead atoms. The van der Waals surface area contributed by atoms with E-state index in [9.17, 15) is 13.6 Å². The van der Waals surface area contributed by atoms with E-state index in [1.165, 1.54) is 11.7 Å². The average Bonchev–Trinajstić information content (AvgIpc) is 3.10. The van der Waals surface area contributed by atoms with Gasteiger partial charge in [-0.3, -0.25) is 14.4 Å². The van der Waals surface area contributed by atoms with Gasteiger partial charge in [0.1, 0.15) is 11.4 Å². The number of carbonyl (C=O) groups is 1. The van der Waals surface area contributed by atoms with Gasteiger partial charge in [-0.25, -0.2) is 8.78 Å². The quantitative estimate of drug-likeness (QED) is 0.804. The van der Waals surface area contributed by atoms with E-state index in [-0.39, 0.29) is 30.5 Å². The van der Waals surface area contributed by atoms with Crippen molar-refractivity contribution in [2.45, 2.75) is 37.5 Å². The molecule has 2 aliphatic heterocycles. The molecule has 0 radical (unpaired) electrons. The van der Waals surface area contributed by atoms with Crippen molar-refractivity contribution < 1.29 is 23.4 Å². The number of carbonyl (C=O) groups excluding carboxylic acids is 1. The summed E-state index contributed by atoms with van der Waals surface area (Å²) in [5.41, 5.74) is -0.267. The van der Waals surface area contributed by atoms with Crippen molar-refractivity contribution in [1.29, 1.82) is 0 Å². The molecule has 0 spiro atoms. The van der Waals surface area contributed by atoms with Crippen LogP contribution in [0.1, 0.15) is 35.4 Å². The number of aliphatic hydroxyl groups excluding tert-OH is 1. The van der Waals surface area contributed by atoms with Gasteiger partial charge in [0.05, 0.1) is 12.7 Å². The summed E-state index contributed by atoms with van der Waals surface area (Å²) < 4.78 is 32.3. The molecule has 7 nitrogen and oxygen atoms in total. The van der Waals surface area contributed by atoms with Gasteiger partial charge in [-0.2, -0.15) is 5.10 Å². The summed E-state index contributed by atoms with van der Waals surface area (Å²) in [7, 11) is 1.48. The second-order valence-corrected chi connectivity index (χ2v) is 6.36. The lowest BCUT2D eigenvalue weighted by molar-refractivity contribution is -0.0566. The summed E-state index contributed by atoms with van der Waals surface area (Å²) in [6, 6.07) is 1.32. The minimum atomic E-state index is -2.70. The zero-order valence-electron chi connectivity index (χ0n) is 13.5. The van der Waals surface area contributed by atoms with Gasteiger partial charge < -0.3 is 15.2 Å². The molecule has 2 fully saturated rings. The third-order valence-electron chi connectivity index (χ3n) is 4.63. The third kappa shape index (κ3) is 3.57. The van der Waals surface area contributed by atoms with Crippen molar-refractivity contribution in [2.75, 3.05) is 26.3 Å². The molecule has 3 heterocycles. The minimum absolute atomic E-state index is 0.0198. The van der Waals surface area contributed by atoms with Crippen molar-refractivity contribution in [3.63, 3.8) is 0 Å². The van der Waals surface area contributed by atoms with Crippen molar-refractivity contribution in [3.05, 3.63) is 17.5 Å². The molecule has 1 aromatic heterocycles. The van der Waals surface area contributed by atoms with E-state index in [0.717, 1.165) is 19.0 Å². The van der Waals surface area contributed by atoms with E-state index in [1.807, 2.05) is 0 Å². The molecule has 3 atom stereocenters. The summed E-state index contributed by atoms with van der Waals surface area (Å²) in [5.74, 6) is -0.394. The van der Waals surface area contributed by atoms with Gasteiger partial charge in [0.15, 0.2) is 0 Å². The highest BCUT2D eigenvalue weighted by Crippen LogP contribution is 2.25. The fraction of sp³-hybridized carbons (Fsp3) is 0.733. The Hall–Kier alpha value is -1.58. The number of aryl methyl sites for hydroxylation is 1. The van der Waals surface area contributed by atoms with Crippen LogP contribution in [0.5, 0.6) is 0 Å². The van der Waals surface area contributed by atoms with Crippen LogP contribution in [-0.2, 0) is 11.8 Å². The Labute approximate surface area is 138 Å². The van der Waals surface area contributed by atoms with Crippen LogP contribution in [0.25, 0.3) is 0 Å². The van der Waals surface area contributed by atoms with Gasteiger partial charge in [0.2, 0.25) is 0 Å². The Morgan fingerprint density at radius 1 is 1.54 bits per heavy atom. The highest BCUT2D eigenvalue weighted by Gasteiger charge is 2.38. The monoisotopic (exact) mass is 344 g/mol. The summed E-state index contributed by atoms with van der Waals surface area (Å²) in [6.45, 7) is 2.11. The third-order valence-corrected chi connectivity index (χ3v) is 4.63. The predicted octanol–water partition coefficient (Wildman–Crippen LogP) is 0.312. The number of fused-ring (bicyclic) bond motifs is 1. The van der Waals surface area contributed by atoms with Gasteiger partial charge in [0, 0.05) is 38.8 Å². The zero-order valence-corrected chi connectivity index (χ0v) is 13.5. The molecule has 134 valence electrons. The fourth-order valence-electron chi connectivity index (χ4n) is 3.43. The van der Waals surface area contributed by atoms with Crippen molar-refractivity contribution in [1.82, 2.24) is 20.0 Å². The van der Waals surface area contributed by atoms with Crippen molar-refractivity contribution in [3.8, 4) is 0 Å². The lowest BCUT2D eigenvalue weighted by Crippen LogP contribution is -2.46. The number of amides is 1. The Bertz CT molecular complexity index is 595. The molecular formula is C15H22F2N4O3. The number of nitrogens with one attached hydrogen (secondary N) is 1. The summed E-state index contributed by atoms with van der Waals surface area (Å²) in [6.07, 6.45) is -1.31. The molecule has 1 amide bonds. The molecule has 0 aliphatic carbocycles. The minimum Gasteiger partial charge on any atom is -0.396 e. The molecule has 0 saturated carbocycles. The van der Waals surface area contributed by atoms with Gasteiger partial charge in [-0.15, -0.1) is 0 Å². The maximum absolute atomic E-state index is 12.7. The fourth-order valence-corrected chi connectivity index (χ4v) is 3.43. The number of rotatable bonds is 5. The van der Waals surface area contributed by atoms with Crippen LogP contribution in [0.2, 0.25) is 0 Å². The number of aromatic nitrogens is 2. The Morgan fingerprint density at radius 3 is 3.00 bits per heavy atom. The van der Waals surface area contributed by atoms with Gasteiger partial charge >= 0.3 is 0 Å². The molecule has 3 rings (SSSR count). The van der Waals surface area contributed by atoms with Gasteiger partial charge in [-0.1, -0.05) is 0 Å². The summed E-state index contributed by atoms with van der Waals surface area (Å²) in [5, 5.41) is 15.6. The van der Waals surface area contributed by atoms with E-state index in [0.29, 0.717) is 19.6 Å². The summed E-state index contributed by atoms with van der Waals surface area (Å²) in [4.78, 5) is 14.6. The van der Waals surface area contributed by atoms with Crippen LogP contribution in [0.15, 0.2) is 6.07 Å². The Kier molecular flexibility index (Phi) is 5.12. The highest BCUT2D eigenvalue weighted by atomic mass is 19.3. The highest BCUT2D eigenvalue weighted by molar-refractivity contribution is 5.92. The van der Waals surface area contributed by atoms with Crippen LogP contribution >= 0.6 is 0 Å². The number of hydrogen-bond acceptors (Lipinski definition) is 5. The number of ether oxygens (including phenoxy) is 1. The van der Waals surface area contributed by atoms with Crippen LogP contribution < -0.4 is 5.32 Å². The van der Waals surface area contributed by atoms with E-state index in [4.69, 9.17) is 9.84 Å². The molecule has 24 heavy (non-hydrogen) atoms. The lowest BCUT2D eigenvalue weighted by Gasteiger charge is -2.34. The predicted molar refractivity (Wildman–Crippen MR) is 80.8 cm³/mol. The zero-order chi connectivity index (χ0) is 17.3. The number of halogens is 2. The van der Waals surface area contributed by atoms with E-state index < -0.39 is 18.0 Å². The molecular weight excluding hydrogens is 322 g/mol. The first-order valence-electron chi connectivity index (χ1n) is 8.07. The van der Waals surface area contributed by atoms with Crippen LogP contribution in [0, 0.1) is 0 Å². The number of nitrogens with zero attached hydrogens (tertiary/aromatic N) is 3. The summed E-state index contributed by atoms with van der Waals surface area (Å²) >= 11 is 0. The maximum atomic E-state index is 12.7. The molecule has 2 aliphatic rings. The van der Waals surface area contributed by atoms with E-state index in [2.05, 4.69) is 15.3 Å². The number of alkyl halides is 2. The maximum Gasteiger partial charge on any atom is 0.282 e. The number of hydrogen-bond donors (Lipinski definition) is 2. The van der Waals surface area contributed by atoms with Gasteiger partial charge in [0.25, 0.3) is 12.3 Å². The van der Waals surface area contributed by atoms with Gasteiger partial charge in [-0.05, 0) is 18.9 Å². The van der Waals surface area contributed by atoms with Crippen LogP contribution in [0.4, 0.5) is 8.78 Å². The first-order valence-corrected chi connectivity index (χ1v) is 8.07. The Balaban J connectivity index is 1.58. The molecule has 0 aromatic carbocycles. The second-order valence-electron chi connectivity index (χ2n) is 6.36. The molecule has 0 unspecified atom stereocenters. The first-order chi connectivity index (χ1) is 11.5. The van der Waals surface area contributed by atoms with Crippen molar-refractivity contribution >= 4 is 5.91 Å². The molecule has 9 heteroatoms. The topological polar surface area (TPSA) is 79.6 Å². The smallest absolute Gasteiger partial charge is 0.282 e. The number of morpholine rings is 1. The number of aliphatic hydroxyl groups is 1. The standard InChI is InChI=1S/C15H22F2N4O3/c1-20-13(5-12(19-20)14(16)17)15(23)18-9-4-10-8-24-11(2-3-22)7-21(10)6-9/h5,9-11,14,22H,2-4,6-8H2,1H3,(H,18,23)/t9-,10-,11-/m0/s1. The molecule has 2 saturated heterocycles. The lowest BCUT2D eigenvalue weighted by atomic mass is 10.1. The SMILES string of the molecule is Cn1nc(C(F)F)cc1C(=O)N[C@H]1C[C@H]2CO[C@@H](CCO)CN2C1.